The van der Waals surface area contributed by atoms with Gasteiger partial charge in [-0.05, 0) is 25.7 Å². The Balaban J connectivity index is 2.01. The minimum absolute atomic E-state index is 0.144. The SMILES string of the molecule is FC(F)C(F)(F)COCc1nc(Cl)c2c(n1)CCCCC2. The van der Waals surface area contributed by atoms with E-state index in [1.54, 1.807) is 0 Å². The molecule has 0 aromatic carbocycles. The summed E-state index contributed by atoms with van der Waals surface area (Å²) >= 11 is 6.06. The molecule has 1 aromatic heterocycles. The molecular weight excluding hydrogens is 312 g/mol. The van der Waals surface area contributed by atoms with Gasteiger partial charge in [-0.25, -0.2) is 18.7 Å². The van der Waals surface area contributed by atoms with Gasteiger partial charge in [-0.3, -0.25) is 0 Å². The maximum Gasteiger partial charge on any atom is 0.330 e. The lowest BCUT2D eigenvalue weighted by Crippen LogP contribution is -2.32. The van der Waals surface area contributed by atoms with Crippen LogP contribution in [0.3, 0.4) is 0 Å². The monoisotopic (exact) mass is 326 g/mol. The Bertz CT molecular complexity index is 499. The predicted octanol–water partition coefficient (Wildman–Crippen LogP) is 3.82. The molecule has 8 heteroatoms. The van der Waals surface area contributed by atoms with Crippen LogP contribution in [0.1, 0.15) is 36.3 Å². The van der Waals surface area contributed by atoms with Crippen molar-refractivity contribution in [2.45, 2.75) is 51.1 Å². The maximum atomic E-state index is 12.7. The highest BCUT2D eigenvalue weighted by Gasteiger charge is 2.41. The second-order valence-electron chi connectivity index (χ2n) is 4.97. The van der Waals surface area contributed by atoms with E-state index < -0.39 is 19.0 Å². The molecule has 1 aromatic rings. The van der Waals surface area contributed by atoms with Crippen LogP contribution in [0.15, 0.2) is 0 Å². The molecule has 2 rings (SSSR count). The van der Waals surface area contributed by atoms with Crippen LogP contribution in [0.25, 0.3) is 0 Å². The van der Waals surface area contributed by atoms with E-state index in [1.807, 2.05) is 0 Å². The van der Waals surface area contributed by atoms with Crippen molar-refractivity contribution in [2.75, 3.05) is 6.61 Å². The molecule has 1 heterocycles. The quantitative estimate of drug-likeness (QED) is 0.469. The zero-order valence-electron chi connectivity index (χ0n) is 11.2. The number of hydrogen-bond acceptors (Lipinski definition) is 3. The highest BCUT2D eigenvalue weighted by Crippen LogP contribution is 2.26. The molecule has 0 aliphatic heterocycles. The van der Waals surface area contributed by atoms with Crippen molar-refractivity contribution in [3.8, 4) is 0 Å². The third-order valence-corrected chi connectivity index (χ3v) is 3.59. The molecule has 0 amide bonds. The first-order valence-electron chi connectivity index (χ1n) is 6.68. The van der Waals surface area contributed by atoms with Crippen molar-refractivity contribution in [1.29, 1.82) is 0 Å². The third kappa shape index (κ3) is 4.26. The van der Waals surface area contributed by atoms with Crippen LogP contribution in [0, 0.1) is 0 Å². The summed E-state index contributed by atoms with van der Waals surface area (Å²) in [4.78, 5) is 8.24. The molecule has 0 atom stereocenters. The Morgan fingerprint density at radius 2 is 1.86 bits per heavy atom. The fraction of sp³-hybridized carbons (Fsp3) is 0.692. The van der Waals surface area contributed by atoms with E-state index in [2.05, 4.69) is 14.7 Å². The number of alkyl halides is 4. The van der Waals surface area contributed by atoms with Crippen LogP contribution < -0.4 is 0 Å². The van der Waals surface area contributed by atoms with Crippen molar-refractivity contribution in [2.24, 2.45) is 0 Å². The smallest absolute Gasteiger partial charge is 0.330 e. The van der Waals surface area contributed by atoms with E-state index in [0.717, 1.165) is 43.4 Å². The molecule has 1 aliphatic carbocycles. The first-order chi connectivity index (χ1) is 9.90. The van der Waals surface area contributed by atoms with Crippen molar-refractivity contribution < 1.29 is 22.3 Å². The fourth-order valence-corrected chi connectivity index (χ4v) is 2.48. The Hall–Kier alpha value is -0.950. The number of nitrogens with zero attached hydrogens (tertiary/aromatic N) is 2. The molecule has 0 saturated heterocycles. The van der Waals surface area contributed by atoms with Crippen LogP contribution in [-0.4, -0.2) is 28.9 Å². The Morgan fingerprint density at radius 3 is 2.57 bits per heavy atom. The molecule has 3 nitrogen and oxygen atoms in total. The topological polar surface area (TPSA) is 35.0 Å². The standard InChI is InChI=1S/C13H15ClF4N2O/c14-11-8-4-2-1-3-5-9(8)19-10(20-11)6-21-7-13(17,18)12(15)16/h12H,1-7H2. The van der Waals surface area contributed by atoms with Crippen molar-refractivity contribution in [3.05, 3.63) is 22.2 Å². The molecular formula is C13H15ClF4N2O. The highest BCUT2D eigenvalue weighted by atomic mass is 35.5. The van der Waals surface area contributed by atoms with Gasteiger partial charge in [0.25, 0.3) is 0 Å². The number of halogens is 5. The lowest BCUT2D eigenvalue weighted by atomic mass is 10.1. The number of aromatic nitrogens is 2. The fourth-order valence-electron chi connectivity index (χ4n) is 2.18. The molecule has 21 heavy (non-hydrogen) atoms. The lowest BCUT2D eigenvalue weighted by molar-refractivity contribution is -0.168. The van der Waals surface area contributed by atoms with E-state index in [9.17, 15) is 17.6 Å². The zero-order chi connectivity index (χ0) is 15.5. The van der Waals surface area contributed by atoms with Gasteiger partial charge in [0.15, 0.2) is 5.82 Å². The molecule has 0 spiro atoms. The van der Waals surface area contributed by atoms with Gasteiger partial charge in [0.2, 0.25) is 0 Å². The molecule has 118 valence electrons. The van der Waals surface area contributed by atoms with Gasteiger partial charge in [0.05, 0.1) is 0 Å². The van der Waals surface area contributed by atoms with Crippen LogP contribution in [-0.2, 0) is 24.2 Å². The largest absolute Gasteiger partial charge is 0.367 e. The number of ether oxygens (including phenoxy) is 1. The molecule has 0 N–H and O–H groups in total. The van der Waals surface area contributed by atoms with Gasteiger partial charge in [-0.15, -0.1) is 0 Å². The van der Waals surface area contributed by atoms with Gasteiger partial charge < -0.3 is 4.74 Å². The van der Waals surface area contributed by atoms with E-state index in [-0.39, 0.29) is 12.4 Å². The molecule has 0 saturated carbocycles. The van der Waals surface area contributed by atoms with Crippen LogP contribution >= 0.6 is 11.6 Å². The predicted molar refractivity (Wildman–Crippen MR) is 68.9 cm³/mol. The van der Waals surface area contributed by atoms with Gasteiger partial charge in [-0.1, -0.05) is 18.0 Å². The summed E-state index contributed by atoms with van der Waals surface area (Å²) < 4.78 is 54.0. The maximum absolute atomic E-state index is 12.7. The van der Waals surface area contributed by atoms with E-state index in [1.165, 1.54) is 0 Å². The molecule has 0 unspecified atom stereocenters. The normalized spacial score (nSPS) is 15.9. The Labute approximate surface area is 124 Å². The van der Waals surface area contributed by atoms with Gasteiger partial charge in [-0.2, -0.15) is 8.78 Å². The minimum atomic E-state index is -4.17. The summed E-state index contributed by atoms with van der Waals surface area (Å²) in [5.41, 5.74) is 1.68. The average molecular weight is 327 g/mol. The van der Waals surface area contributed by atoms with Crippen LogP contribution in [0.4, 0.5) is 17.6 Å². The molecule has 0 radical (unpaired) electrons. The zero-order valence-corrected chi connectivity index (χ0v) is 12.0. The Morgan fingerprint density at radius 1 is 1.14 bits per heavy atom. The van der Waals surface area contributed by atoms with Crippen molar-refractivity contribution in [3.63, 3.8) is 0 Å². The van der Waals surface area contributed by atoms with Crippen molar-refractivity contribution in [1.82, 2.24) is 9.97 Å². The minimum Gasteiger partial charge on any atom is -0.367 e. The first kappa shape index (κ1) is 16.4. The summed E-state index contributed by atoms with van der Waals surface area (Å²) in [5, 5.41) is 0.293. The summed E-state index contributed by atoms with van der Waals surface area (Å²) in [7, 11) is 0. The highest BCUT2D eigenvalue weighted by molar-refractivity contribution is 6.30. The number of fused-ring (bicyclic) bond motifs is 1. The molecule has 0 bridgehead atoms. The lowest BCUT2D eigenvalue weighted by Gasteiger charge is -2.15. The van der Waals surface area contributed by atoms with Gasteiger partial charge in [0.1, 0.15) is 18.4 Å². The van der Waals surface area contributed by atoms with Crippen LogP contribution in [0.5, 0.6) is 0 Å². The third-order valence-electron chi connectivity index (χ3n) is 3.27. The summed E-state index contributed by atoms with van der Waals surface area (Å²) in [5.74, 6) is -4.03. The number of hydrogen-bond donors (Lipinski definition) is 0. The van der Waals surface area contributed by atoms with Gasteiger partial charge in [0, 0.05) is 11.3 Å². The summed E-state index contributed by atoms with van der Waals surface area (Å²) in [6.45, 7) is -1.74. The second kappa shape index (κ2) is 6.87. The summed E-state index contributed by atoms with van der Waals surface area (Å²) in [6.07, 6.45) is 0.834. The summed E-state index contributed by atoms with van der Waals surface area (Å²) in [6, 6.07) is 0. The average Bonchev–Trinajstić information content (AvgIpc) is 2.64. The number of aryl methyl sites for hydroxylation is 1. The van der Waals surface area contributed by atoms with E-state index >= 15 is 0 Å². The second-order valence-corrected chi connectivity index (χ2v) is 5.33. The molecule has 1 aliphatic rings. The van der Waals surface area contributed by atoms with Gasteiger partial charge >= 0.3 is 12.3 Å². The first-order valence-corrected chi connectivity index (χ1v) is 7.06. The van der Waals surface area contributed by atoms with Crippen LogP contribution in [0.2, 0.25) is 5.15 Å². The van der Waals surface area contributed by atoms with Crippen molar-refractivity contribution >= 4 is 11.6 Å². The Kier molecular flexibility index (Phi) is 5.37. The van der Waals surface area contributed by atoms with E-state index in [0.29, 0.717) is 5.15 Å². The molecule has 0 fully saturated rings. The van der Waals surface area contributed by atoms with E-state index in [4.69, 9.17) is 11.6 Å². The number of rotatable bonds is 5.